The van der Waals surface area contributed by atoms with Gasteiger partial charge in [-0.25, -0.2) is 0 Å². The predicted molar refractivity (Wildman–Crippen MR) is 128 cm³/mol. The summed E-state index contributed by atoms with van der Waals surface area (Å²) in [6.45, 7) is 7.54. The molecule has 3 aromatic rings. The molecule has 1 aliphatic heterocycles. The van der Waals surface area contributed by atoms with E-state index >= 15 is 0 Å². The van der Waals surface area contributed by atoms with Gasteiger partial charge >= 0.3 is 0 Å². The Morgan fingerprint density at radius 3 is 2.56 bits per heavy atom. The second-order valence-electron chi connectivity index (χ2n) is 8.12. The van der Waals surface area contributed by atoms with Crippen molar-refractivity contribution in [3.8, 4) is 16.4 Å². The number of rotatable bonds is 6. The molecule has 2 aromatic heterocycles. The standard InChI is InChI=1S/C23H27N5O2S2/c1-16(2)22(30)27-12-11-26(14-17(27)3)20(29)15-32-23-25-24-21(19-10-7-13-31-19)28(23)18-8-5-4-6-9-18/h4-10,13,16-17H,11-12,14-15H2,1-3H3. The Kier molecular flexibility index (Phi) is 6.95. The zero-order chi connectivity index (χ0) is 22.7. The molecule has 32 heavy (non-hydrogen) atoms. The molecule has 1 unspecified atom stereocenters. The van der Waals surface area contributed by atoms with Crippen LogP contribution in [0, 0.1) is 5.92 Å². The molecule has 1 atom stereocenters. The highest BCUT2D eigenvalue weighted by Gasteiger charge is 2.31. The van der Waals surface area contributed by atoms with Crippen molar-refractivity contribution in [2.45, 2.75) is 32.0 Å². The first-order chi connectivity index (χ1) is 15.5. The van der Waals surface area contributed by atoms with E-state index in [0.29, 0.717) is 24.8 Å². The van der Waals surface area contributed by atoms with Crippen LogP contribution >= 0.6 is 23.1 Å². The summed E-state index contributed by atoms with van der Waals surface area (Å²) < 4.78 is 2.01. The number of thioether (sulfide) groups is 1. The van der Waals surface area contributed by atoms with Gasteiger partial charge in [0.1, 0.15) is 0 Å². The molecule has 7 nitrogen and oxygen atoms in total. The van der Waals surface area contributed by atoms with E-state index in [-0.39, 0.29) is 29.5 Å². The second-order valence-corrected chi connectivity index (χ2v) is 10.0. The van der Waals surface area contributed by atoms with E-state index in [0.717, 1.165) is 16.4 Å². The van der Waals surface area contributed by atoms with E-state index in [9.17, 15) is 9.59 Å². The van der Waals surface area contributed by atoms with Crippen LogP contribution in [-0.4, -0.2) is 67.8 Å². The molecule has 3 heterocycles. The van der Waals surface area contributed by atoms with Crippen LogP contribution in [0.15, 0.2) is 53.0 Å². The topological polar surface area (TPSA) is 71.3 Å². The van der Waals surface area contributed by atoms with E-state index in [1.807, 2.05) is 83.0 Å². The van der Waals surface area contributed by atoms with E-state index in [1.165, 1.54) is 11.8 Å². The number of thiophene rings is 1. The maximum Gasteiger partial charge on any atom is 0.233 e. The predicted octanol–water partition coefficient (Wildman–Crippen LogP) is 3.80. The molecule has 0 radical (unpaired) electrons. The Labute approximate surface area is 196 Å². The fourth-order valence-electron chi connectivity index (χ4n) is 3.80. The molecule has 1 saturated heterocycles. The van der Waals surface area contributed by atoms with Crippen molar-refractivity contribution in [1.82, 2.24) is 24.6 Å². The summed E-state index contributed by atoms with van der Waals surface area (Å²) in [5, 5.41) is 11.5. The third-order valence-electron chi connectivity index (χ3n) is 5.47. The number of nitrogens with zero attached hydrogens (tertiary/aromatic N) is 5. The van der Waals surface area contributed by atoms with Crippen molar-refractivity contribution >= 4 is 34.9 Å². The molecule has 0 bridgehead atoms. The largest absolute Gasteiger partial charge is 0.338 e. The third kappa shape index (κ3) is 4.73. The minimum absolute atomic E-state index is 0.0194. The van der Waals surface area contributed by atoms with E-state index in [2.05, 4.69) is 10.2 Å². The van der Waals surface area contributed by atoms with Crippen LogP contribution in [-0.2, 0) is 9.59 Å². The lowest BCUT2D eigenvalue weighted by atomic mass is 10.1. The molecule has 1 aliphatic rings. The van der Waals surface area contributed by atoms with Crippen molar-refractivity contribution < 1.29 is 9.59 Å². The van der Waals surface area contributed by atoms with E-state index in [4.69, 9.17) is 0 Å². The first-order valence-corrected chi connectivity index (χ1v) is 12.6. The molecule has 2 amide bonds. The van der Waals surface area contributed by atoms with Gasteiger partial charge in [-0.2, -0.15) is 0 Å². The SMILES string of the molecule is CC(C)C(=O)N1CCN(C(=O)CSc2nnc(-c3cccs3)n2-c2ccccc2)CC1C. The molecule has 0 N–H and O–H groups in total. The highest BCUT2D eigenvalue weighted by Crippen LogP contribution is 2.30. The van der Waals surface area contributed by atoms with Crippen LogP contribution in [0.25, 0.3) is 16.4 Å². The van der Waals surface area contributed by atoms with Gasteiger partial charge in [0.25, 0.3) is 0 Å². The number of carbonyl (C=O) groups excluding carboxylic acids is 2. The summed E-state index contributed by atoms with van der Waals surface area (Å²) in [6.07, 6.45) is 0. The Hall–Kier alpha value is -2.65. The number of hydrogen-bond acceptors (Lipinski definition) is 6. The summed E-state index contributed by atoms with van der Waals surface area (Å²) in [6, 6.07) is 14.0. The molecule has 0 saturated carbocycles. The summed E-state index contributed by atoms with van der Waals surface area (Å²) in [4.78, 5) is 30.1. The van der Waals surface area contributed by atoms with Crippen molar-refractivity contribution in [1.29, 1.82) is 0 Å². The van der Waals surface area contributed by atoms with Crippen LogP contribution < -0.4 is 0 Å². The number of piperazine rings is 1. The molecule has 168 valence electrons. The summed E-state index contributed by atoms with van der Waals surface area (Å²) in [7, 11) is 0. The van der Waals surface area contributed by atoms with Gasteiger partial charge in [0.2, 0.25) is 11.8 Å². The van der Waals surface area contributed by atoms with Crippen LogP contribution in [0.2, 0.25) is 0 Å². The molecule has 1 fully saturated rings. The molecular formula is C23H27N5O2S2. The number of amides is 2. The van der Waals surface area contributed by atoms with Gasteiger partial charge in [0.15, 0.2) is 11.0 Å². The maximum atomic E-state index is 13.0. The van der Waals surface area contributed by atoms with Crippen molar-refractivity contribution in [2.75, 3.05) is 25.4 Å². The number of para-hydroxylation sites is 1. The second kappa shape index (κ2) is 9.87. The van der Waals surface area contributed by atoms with Gasteiger partial charge in [-0.05, 0) is 30.5 Å². The summed E-state index contributed by atoms with van der Waals surface area (Å²) in [5.41, 5.74) is 0.963. The summed E-state index contributed by atoms with van der Waals surface area (Å²) >= 11 is 3.01. The van der Waals surface area contributed by atoms with Gasteiger partial charge in [-0.15, -0.1) is 21.5 Å². The normalized spacial score (nSPS) is 16.6. The fraction of sp³-hybridized carbons (Fsp3) is 0.391. The lowest BCUT2D eigenvalue weighted by Gasteiger charge is -2.40. The van der Waals surface area contributed by atoms with Gasteiger partial charge < -0.3 is 9.80 Å². The van der Waals surface area contributed by atoms with E-state index in [1.54, 1.807) is 11.3 Å². The Morgan fingerprint density at radius 2 is 1.91 bits per heavy atom. The van der Waals surface area contributed by atoms with Crippen molar-refractivity contribution in [3.63, 3.8) is 0 Å². The third-order valence-corrected chi connectivity index (χ3v) is 7.25. The zero-order valence-electron chi connectivity index (χ0n) is 18.5. The molecule has 9 heteroatoms. The van der Waals surface area contributed by atoms with Crippen molar-refractivity contribution in [2.24, 2.45) is 5.92 Å². The minimum Gasteiger partial charge on any atom is -0.338 e. The smallest absolute Gasteiger partial charge is 0.233 e. The number of aromatic nitrogens is 3. The monoisotopic (exact) mass is 469 g/mol. The molecule has 0 spiro atoms. The Bertz CT molecular complexity index is 1070. The fourth-order valence-corrected chi connectivity index (χ4v) is 5.35. The summed E-state index contributed by atoms with van der Waals surface area (Å²) in [5.74, 6) is 1.22. The van der Waals surface area contributed by atoms with Crippen LogP contribution in [0.4, 0.5) is 0 Å². The molecular weight excluding hydrogens is 442 g/mol. The van der Waals surface area contributed by atoms with Crippen molar-refractivity contribution in [3.05, 3.63) is 47.8 Å². The van der Waals surface area contributed by atoms with Gasteiger partial charge in [-0.3, -0.25) is 14.2 Å². The highest BCUT2D eigenvalue weighted by atomic mass is 32.2. The first-order valence-electron chi connectivity index (χ1n) is 10.7. The number of hydrogen-bond donors (Lipinski definition) is 0. The minimum atomic E-state index is -0.0304. The lowest BCUT2D eigenvalue weighted by Crippen LogP contribution is -2.56. The number of carbonyl (C=O) groups is 2. The van der Waals surface area contributed by atoms with Crippen LogP contribution in [0.1, 0.15) is 20.8 Å². The Balaban J connectivity index is 1.46. The van der Waals surface area contributed by atoms with Crippen LogP contribution in [0.5, 0.6) is 0 Å². The zero-order valence-corrected chi connectivity index (χ0v) is 20.1. The molecule has 0 aliphatic carbocycles. The lowest BCUT2D eigenvalue weighted by molar-refractivity contribution is -0.143. The highest BCUT2D eigenvalue weighted by molar-refractivity contribution is 7.99. The maximum absolute atomic E-state index is 13.0. The van der Waals surface area contributed by atoms with Gasteiger partial charge in [0, 0.05) is 37.3 Å². The quantitative estimate of drug-likeness (QED) is 0.514. The first kappa shape index (κ1) is 22.5. The Morgan fingerprint density at radius 1 is 1.12 bits per heavy atom. The van der Waals surface area contributed by atoms with Gasteiger partial charge in [0.05, 0.1) is 10.6 Å². The van der Waals surface area contributed by atoms with Gasteiger partial charge in [-0.1, -0.05) is 49.9 Å². The van der Waals surface area contributed by atoms with Crippen LogP contribution in [0.3, 0.4) is 0 Å². The molecule has 1 aromatic carbocycles. The average Bonchev–Trinajstić information content (AvgIpc) is 3.47. The molecule has 4 rings (SSSR count). The average molecular weight is 470 g/mol. The number of benzene rings is 1. The van der Waals surface area contributed by atoms with E-state index < -0.39 is 0 Å².